The highest BCUT2D eigenvalue weighted by molar-refractivity contribution is 5.90. The molecule has 1 aliphatic heterocycles. The zero-order valence-electron chi connectivity index (χ0n) is 16.0. The topological polar surface area (TPSA) is 35.6 Å². The lowest BCUT2D eigenvalue weighted by Gasteiger charge is -2.30. The van der Waals surface area contributed by atoms with E-state index in [1.54, 1.807) is 0 Å². The van der Waals surface area contributed by atoms with Crippen molar-refractivity contribution < 1.29 is 4.79 Å². The average molecular weight is 351 g/mol. The van der Waals surface area contributed by atoms with Crippen molar-refractivity contribution >= 4 is 11.7 Å². The summed E-state index contributed by atoms with van der Waals surface area (Å²) in [5.74, 6) is 0. The monoisotopic (exact) mass is 351 g/mol. The van der Waals surface area contributed by atoms with Crippen LogP contribution in [0.1, 0.15) is 24.5 Å². The van der Waals surface area contributed by atoms with Crippen LogP contribution in [0.4, 0.5) is 10.5 Å². The van der Waals surface area contributed by atoms with Crippen molar-refractivity contribution in [3.05, 3.63) is 65.7 Å². The molecule has 0 radical (unpaired) electrons. The Morgan fingerprint density at radius 2 is 1.85 bits per heavy atom. The molecule has 3 rings (SSSR count). The van der Waals surface area contributed by atoms with E-state index in [0.717, 1.165) is 43.7 Å². The van der Waals surface area contributed by atoms with Crippen LogP contribution >= 0.6 is 0 Å². The van der Waals surface area contributed by atoms with E-state index in [9.17, 15) is 4.79 Å². The fraction of sp³-hybridized carbons (Fsp3) is 0.409. The average Bonchev–Trinajstić information content (AvgIpc) is 2.96. The van der Waals surface area contributed by atoms with E-state index in [0.29, 0.717) is 0 Å². The van der Waals surface area contributed by atoms with E-state index in [-0.39, 0.29) is 11.4 Å². The van der Waals surface area contributed by atoms with Crippen LogP contribution in [0.2, 0.25) is 0 Å². The number of likely N-dealkylation sites (tertiary alicyclic amines) is 1. The van der Waals surface area contributed by atoms with Crippen molar-refractivity contribution in [2.24, 2.45) is 5.41 Å². The molecule has 1 saturated heterocycles. The highest BCUT2D eigenvalue weighted by Gasteiger charge is 2.34. The number of nitrogens with zero attached hydrogens (tertiary/aromatic N) is 2. The van der Waals surface area contributed by atoms with Gasteiger partial charge in [-0.3, -0.25) is 0 Å². The lowest BCUT2D eigenvalue weighted by atomic mass is 9.89. The highest BCUT2D eigenvalue weighted by Crippen LogP contribution is 2.30. The molecule has 1 aliphatic rings. The number of urea groups is 1. The first-order valence-corrected chi connectivity index (χ1v) is 9.28. The minimum Gasteiger partial charge on any atom is -0.327 e. The van der Waals surface area contributed by atoms with Gasteiger partial charge in [-0.15, -0.1) is 0 Å². The molecule has 26 heavy (non-hydrogen) atoms. The first-order valence-electron chi connectivity index (χ1n) is 9.28. The summed E-state index contributed by atoms with van der Waals surface area (Å²) in [6, 6.07) is 18.3. The Balaban J connectivity index is 1.65. The quantitative estimate of drug-likeness (QED) is 0.881. The van der Waals surface area contributed by atoms with Gasteiger partial charge >= 0.3 is 6.03 Å². The Kier molecular flexibility index (Phi) is 5.62. The Hall–Kier alpha value is -2.33. The highest BCUT2D eigenvalue weighted by atomic mass is 16.2. The van der Waals surface area contributed by atoms with E-state index >= 15 is 0 Å². The van der Waals surface area contributed by atoms with Gasteiger partial charge in [-0.05, 0) is 49.0 Å². The molecule has 1 N–H and O–H groups in total. The second-order valence-corrected chi connectivity index (χ2v) is 7.90. The molecule has 0 aromatic heterocycles. The Morgan fingerprint density at radius 3 is 2.54 bits per heavy atom. The molecule has 2 aromatic carbocycles. The molecule has 138 valence electrons. The summed E-state index contributed by atoms with van der Waals surface area (Å²) in [6.07, 6.45) is 1.94. The van der Waals surface area contributed by atoms with Crippen LogP contribution in [0.25, 0.3) is 0 Å². The van der Waals surface area contributed by atoms with Crippen LogP contribution in [0.15, 0.2) is 54.6 Å². The molecule has 0 saturated carbocycles. The van der Waals surface area contributed by atoms with Gasteiger partial charge in [0.15, 0.2) is 0 Å². The van der Waals surface area contributed by atoms with Crippen LogP contribution in [-0.2, 0) is 6.42 Å². The van der Waals surface area contributed by atoms with E-state index in [2.05, 4.69) is 42.4 Å². The fourth-order valence-corrected chi connectivity index (χ4v) is 3.87. The second-order valence-electron chi connectivity index (χ2n) is 7.90. The van der Waals surface area contributed by atoms with Gasteiger partial charge in [0.05, 0.1) is 0 Å². The summed E-state index contributed by atoms with van der Waals surface area (Å²) < 4.78 is 0. The van der Waals surface area contributed by atoms with Crippen LogP contribution in [0.5, 0.6) is 0 Å². The minimum atomic E-state index is -0.0405. The van der Waals surface area contributed by atoms with Crippen molar-refractivity contribution in [3.63, 3.8) is 0 Å². The lowest BCUT2D eigenvalue weighted by molar-refractivity contribution is 0.188. The molecular weight excluding hydrogens is 322 g/mol. The van der Waals surface area contributed by atoms with Crippen molar-refractivity contribution in [1.29, 1.82) is 0 Å². The molecule has 4 nitrogen and oxygen atoms in total. The predicted octanol–water partition coefficient (Wildman–Crippen LogP) is 4.08. The first kappa shape index (κ1) is 18.5. The molecule has 0 aliphatic carbocycles. The molecule has 4 heteroatoms. The number of hydrogen-bond donors (Lipinski definition) is 1. The van der Waals surface area contributed by atoms with Gasteiger partial charge in [0, 0.05) is 25.8 Å². The van der Waals surface area contributed by atoms with Gasteiger partial charge in [0.25, 0.3) is 0 Å². The third-order valence-electron chi connectivity index (χ3n) is 5.21. The van der Waals surface area contributed by atoms with Gasteiger partial charge in [-0.1, -0.05) is 55.5 Å². The number of carbonyl (C=O) groups excluding carboxylic acids is 1. The zero-order valence-corrected chi connectivity index (χ0v) is 16.0. The van der Waals surface area contributed by atoms with E-state index in [1.807, 2.05) is 48.3 Å². The van der Waals surface area contributed by atoms with E-state index in [4.69, 9.17) is 0 Å². The maximum atomic E-state index is 12.7. The number of hydrogen-bond acceptors (Lipinski definition) is 2. The molecule has 0 bridgehead atoms. The standard InChI is InChI=1S/C22H29N3O/c1-22(13-14-24(2)16-22)17-25(3)21(26)23-20-12-8-7-11-19(20)15-18-9-5-4-6-10-18/h4-12H,13-17H2,1-3H3,(H,23,26)/t22-/m0/s1. The molecule has 1 atom stereocenters. The fourth-order valence-electron chi connectivity index (χ4n) is 3.87. The Labute approximate surface area is 156 Å². The number of rotatable bonds is 5. The predicted molar refractivity (Wildman–Crippen MR) is 108 cm³/mol. The molecule has 2 amide bonds. The van der Waals surface area contributed by atoms with Crippen molar-refractivity contribution in [2.45, 2.75) is 19.8 Å². The van der Waals surface area contributed by atoms with Gasteiger partial charge < -0.3 is 15.1 Å². The summed E-state index contributed by atoms with van der Waals surface area (Å²) in [4.78, 5) is 16.9. The van der Waals surface area contributed by atoms with Crippen LogP contribution in [0.3, 0.4) is 0 Å². The van der Waals surface area contributed by atoms with E-state index < -0.39 is 0 Å². The minimum absolute atomic E-state index is 0.0405. The summed E-state index contributed by atoms with van der Waals surface area (Å²) in [6.45, 7) is 5.18. The third-order valence-corrected chi connectivity index (χ3v) is 5.21. The third kappa shape index (κ3) is 4.64. The number of nitrogens with one attached hydrogen (secondary N) is 1. The summed E-state index contributed by atoms with van der Waals surface area (Å²) in [5.41, 5.74) is 3.43. The summed E-state index contributed by atoms with van der Waals surface area (Å²) in [7, 11) is 4.03. The first-order chi connectivity index (χ1) is 12.5. The Morgan fingerprint density at radius 1 is 1.15 bits per heavy atom. The molecule has 2 aromatic rings. The smallest absolute Gasteiger partial charge is 0.321 e. The second kappa shape index (κ2) is 7.92. The number of amides is 2. The number of benzene rings is 2. The van der Waals surface area contributed by atoms with Gasteiger partial charge in [0.2, 0.25) is 0 Å². The van der Waals surface area contributed by atoms with Crippen LogP contribution in [-0.4, -0.2) is 49.6 Å². The summed E-state index contributed by atoms with van der Waals surface area (Å²) >= 11 is 0. The van der Waals surface area contributed by atoms with Crippen molar-refractivity contribution in [3.8, 4) is 0 Å². The van der Waals surface area contributed by atoms with Crippen LogP contribution < -0.4 is 5.32 Å². The largest absolute Gasteiger partial charge is 0.327 e. The molecule has 0 spiro atoms. The maximum Gasteiger partial charge on any atom is 0.321 e. The zero-order chi connectivity index (χ0) is 18.6. The van der Waals surface area contributed by atoms with Gasteiger partial charge in [-0.2, -0.15) is 0 Å². The van der Waals surface area contributed by atoms with Crippen molar-refractivity contribution in [2.75, 3.05) is 39.0 Å². The molecule has 1 fully saturated rings. The van der Waals surface area contributed by atoms with Crippen LogP contribution in [0, 0.1) is 5.41 Å². The van der Waals surface area contributed by atoms with Crippen molar-refractivity contribution in [1.82, 2.24) is 9.80 Å². The molecular formula is C22H29N3O. The number of para-hydroxylation sites is 1. The molecule has 1 heterocycles. The summed E-state index contributed by atoms with van der Waals surface area (Å²) in [5, 5.41) is 3.11. The normalized spacial score (nSPS) is 20.1. The number of anilines is 1. The van der Waals surface area contributed by atoms with E-state index in [1.165, 1.54) is 5.56 Å². The SMILES string of the molecule is CN1CC[C@](C)(CN(C)C(=O)Nc2ccccc2Cc2ccccc2)C1. The number of carbonyl (C=O) groups is 1. The lowest BCUT2D eigenvalue weighted by Crippen LogP contribution is -2.40. The van der Waals surface area contributed by atoms with Gasteiger partial charge in [-0.25, -0.2) is 4.79 Å². The maximum absolute atomic E-state index is 12.7. The van der Waals surface area contributed by atoms with Gasteiger partial charge in [0.1, 0.15) is 0 Å². The molecule has 0 unspecified atom stereocenters. The Bertz CT molecular complexity index is 746.